The van der Waals surface area contributed by atoms with Crippen LogP contribution in [0.3, 0.4) is 0 Å². The number of hydrogen-bond donors (Lipinski definition) is 3. The highest BCUT2D eigenvalue weighted by molar-refractivity contribution is 7.81. The molecule has 0 aromatic carbocycles. The molecule has 0 radical (unpaired) electrons. The van der Waals surface area contributed by atoms with Gasteiger partial charge in [-0.05, 0) is 0 Å². The van der Waals surface area contributed by atoms with Crippen LogP contribution in [0.15, 0.2) is 0 Å². The van der Waals surface area contributed by atoms with E-state index in [1.807, 2.05) is 27.7 Å². The van der Waals surface area contributed by atoms with Crippen LogP contribution < -0.4 is 0 Å². The Morgan fingerprint density at radius 1 is 0.643 bits per heavy atom. The highest BCUT2D eigenvalue weighted by Gasteiger charge is 2.57. The summed E-state index contributed by atoms with van der Waals surface area (Å²) in [6, 6.07) is 0. The Morgan fingerprint density at radius 3 is 1.25 bits per heavy atom. The maximum Gasteiger partial charge on any atom is 0.315 e. The van der Waals surface area contributed by atoms with Crippen LogP contribution in [0.5, 0.6) is 0 Å². The fourth-order valence-electron chi connectivity index (χ4n) is 3.12. The first kappa shape index (κ1) is 27.4. The summed E-state index contributed by atoms with van der Waals surface area (Å²) in [7, 11) is 1.53. The van der Waals surface area contributed by atoms with Crippen LogP contribution in [-0.2, 0) is 33.3 Å². The van der Waals surface area contributed by atoms with Crippen LogP contribution in [0, 0.1) is 16.2 Å². The lowest BCUT2D eigenvalue weighted by Crippen LogP contribution is -2.58. The summed E-state index contributed by atoms with van der Waals surface area (Å²) in [6.45, 7) is 7.75. The van der Waals surface area contributed by atoms with Crippen molar-refractivity contribution >= 4 is 55.8 Å². The number of carbonyl (C=O) groups excluding carboxylic acids is 3. The lowest BCUT2D eigenvalue weighted by atomic mass is 9.53. The topological polar surface area (TPSA) is 88.1 Å². The van der Waals surface area contributed by atoms with Crippen LogP contribution in [0.1, 0.15) is 27.7 Å². The second-order valence-electron chi connectivity index (χ2n) is 7.74. The van der Waals surface area contributed by atoms with Crippen molar-refractivity contribution in [1.29, 1.82) is 0 Å². The average Bonchev–Trinajstić information content (AvgIpc) is 2.66. The fourth-order valence-corrected chi connectivity index (χ4v) is 3.40. The summed E-state index contributed by atoms with van der Waals surface area (Å²) in [5, 5.41) is 0. The van der Waals surface area contributed by atoms with Gasteiger partial charge in [0.2, 0.25) is 0 Å². The van der Waals surface area contributed by atoms with E-state index in [-0.39, 0.29) is 43.7 Å². The molecule has 0 spiro atoms. The molecule has 0 N–H and O–H groups in total. The number of thiol groups is 3. The lowest BCUT2D eigenvalue weighted by Gasteiger charge is -2.54. The van der Waals surface area contributed by atoms with E-state index in [2.05, 4.69) is 37.9 Å². The molecule has 164 valence electrons. The van der Waals surface area contributed by atoms with Crippen molar-refractivity contribution in [3.63, 3.8) is 0 Å². The normalized spacial score (nSPS) is 12.4. The molecule has 0 atom stereocenters. The molecule has 0 aliphatic carbocycles. The first-order valence-corrected chi connectivity index (χ1v) is 10.6. The first-order valence-electron chi connectivity index (χ1n) is 8.71. The van der Waals surface area contributed by atoms with Gasteiger partial charge in [-0.3, -0.25) is 14.4 Å². The maximum atomic E-state index is 11.8. The number of hydrogen-bond acceptors (Lipinski definition) is 10. The van der Waals surface area contributed by atoms with Gasteiger partial charge in [0.15, 0.2) is 0 Å². The van der Waals surface area contributed by atoms with E-state index in [1.54, 1.807) is 0 Å². The number of esters is 3. The Kier molecular flexibility index (Phi) is 11.9. The Balaban J connectivity index is 5.99. The van der Waals surface area contributed by atoms with Gasteiger partial charge in [-0.2, -0.15) is 37.9 Å². The van der Waals surface area contributed by atoms with Gasteiger partial charge in [-0.1, -0.05) is 27.7 Å². The summed E-state index contributed by atoms with van der Waals surface area (Å²) in [6.07, 6.45) is 0. The van der Waals surface area contributed by atoms with E-state index in [4.69, 9.17) is 18.9 Å². The van der Waals surface area contributed by atoms with Gasteiger partial charge in [0.1, 0.15) is 6.61 Å². The smallest absolute Gasteiger partial charge is 0.315 e. The van der Waals surface area contributed by atoms with Crippen LogP contribution in [0.2, 0.25) is 0 Å². The van der Waals surface area contributed by atoms with Crippen molar-refractivity contribution in [3.05, 3.63) is 0 Å². The molecular formula is C18H32O7S3. The minimum atomic E-state index is -0.860. The van der Waals surface area contributed by atoms with Crippen LogP contribution >= 0.6 is 37.9 Å². The molecule has 0 aliphatic rings. The summed E-state index contributed by atoms with van der Waals surface area (Å²) in [5.74, 6) is -1.60. The molecule has 10 heteroatoms. The Hall–Kier alpha value is -0.580. The van der Waals surface area contributed by atoms with Crippen LogP contribution in [0.25, 0.3) is 0 Å². The second-order valence-corrected chi connectivity index (χ2v) is 8.69. The van der Waals surface area contributed by atoms with Crippen molar-refractivity contribution in [2.75, 3.05) is 50.8 Å². The summed E-state index contributed by atoms with van der Waals surface area (Å²) in [4.78, 5) is 35.1. The van der Waals surface area contributed by atoms with E-state index in [0.29, 0.717) is 0 Å². The monoisotopic (exact) mass is 456 g/mol. The molecule has 0 saturated carbocycles. The standard InChI is InChI=1S/C18H32O7S3/c1-16(2,9-23-13(19)6-26)18(11-22-5,12-25-15(21)8-28)17(3,4)10-24-14(20)7-27/h26-28H,6-12H2,1-5H3. The fraction of sp³-hybridized carbons (Fsp3) is 0.833. The Morgan fingerprint density at radius 2 is 0.964 bits per heavy atom. The molecule has 28 heavy (non-hydrogen) atoms. The summed E-state index contributed by atoms with van der Waals surface area (Å²) in [5.41, 5.74) is -2.29. The van der Waals surface area contributed by atoms with E-state index >= 15 is 0 Å². The largest absolute Gasteiger partial charge is 0.464 e. The van der Waals surface area contributed by atoms with E-state index in [9.17, 15) is 14.4 Å². The number of rotatable bonds is 13. The molecule has 0 unspecified atom stereocenters. The quantitative estimate of drug-likeness (QED) is 0.222. The van der Waals surface area contributed by atoms with Gasteiger partial charge in [-0.15, -0.1) is 0 Å². The SMILES string of the molecule is COCC(COC(=O)CS)(C(C)(C)COC(=O)CS)C(C)(C)COC(=O)CS. The number of ether oxygens (including phenoxy) is 4. The van der Waals surface area contributed by atoms with Crippen molar-refractivity contribution in [2.24, 2.45) is 16.2 Å². The minimum absolute atomic E-state index is 0.0307. The van der Waals surface area contributed by atoms with Crippen LogP contribution in [0.4, 0.5) is 0 Å². The molecule has 0 aromatic heterocycles. The Labute approximate surface area is 183 Å². The summed E-state index contributed by atoms with van der Waals surface area (Å²) < 4.78 is 21.6. The van der Waals surface area contributed by atoms with Crippen LogP contribution in [-0.4, -0.2) is 68.7 Å². The predicted molar refractivity (Wildman–Crippen MR) is 116 cm³/mol. The molecule has 0 bridgehead atoms. The highest BCUT2D eigenvalue weighted by Crippen LogP contribution is 2.53. The zero-order valence-electron chi connectivity index (χ0n) is 17.1. The van der Waals surface area contributed by atoms with Crippen molar-refractivity contribution < 1.29 is 33.3 Å². The van der Waals surface area contributed by atoms with E-state index in [0.717, 1.165) is 0 Å². The predicted octanol–water partition coefficient (Wildman–Crippen LogP) is 2.09. The van der Waals surface area contributed by atoms with Gasteiger partial charge in [-0.25, -0.2) is 0 Å². The number of carbonyl (C=O) groups is 3. The molecule has 0 amide bonds. The average molecular weight is 457 g/mol. The lowest BCUT2D eigenvalue weighted by molar-refractivity contribution is -0.193. The molecule has 0 fully saturated rings. The molecule has 0 saturated heterocycles. The van der Waals surface area contributed by atoms with Gasteiger partial charge in [0.05, 0.1) is 37.1 Å². The van der Waals surface area contributed by atoms with Crippen molar-refractivity contribution in [2.45, 2.75) is 27.7 Å². The van der Waals surface area contributed by atoms with Gasteiger partial charge in [0, 0.05) is 23.4 Å². The van der Waals surface area contributed by atoms with Gasteiger partial charge in [0.25, 0.3) is 0 Å². The summed E-state index contributed by atoms with van der Waals surface area (Å²) >= 11 is 11.8. The molecule has 0 heterocycles. The second kappa shape index (κ2) is 12.2. The van der Waals surface area contributed by atoms with Gasteiger partial charge >= 0.3 is 17.9 Å². The molecule has 7 nitrogen and oxygen atoms in total. The zero-order valence-corrected chi connectivity index (χ0v) is 19.8. The van der Waals surface area contributed by atoms with Gasteiger partial charge < -0.3 is 18.9 Å². The third kappa shape index (κ3) is 7.35. The first-order chi connectivity index (χ1) is 12.9. The Bertz CT molecular complexity index is 503. The minimum Gasteiger partial charge on any atom is -0.464 e. The zero-order chi connectivity index (χ0) is 22.0. The third-order valence-corrected chi connectivity index (χ3v) is 5.81. The molecule has 0 aromatic rings. The van der Waals surface area contributed by atoms with Crippen molar-refractivity contribution in [1.82, 2.24) is 0 Å². The highest BCUT2D eigenvalue weighted by atomic mass is 32.1. The van der Waals surface area contributed by atoms with Crippen molar-refractivity contribution in [3.8, 4) is 0 Å². The third-order valence-electron chi connectivity index (χ3n) is 5.04. The molecule has 0 aliphatic heterocycles. The molecular weight excluding hydrogens is 424 g/mol. The maximum absolute atomic E-state index is 11.8. The van der Waals surface area contributed by atoms with E-state index < -0.39 is 34.2 Å². The molecule has 0 rings (SSSR count). The van der Waals surface area contributed by atoms with E-state index in [1.165, 1.54) is 7.11 Å². The number of methoxy groups -OCH3 is 1.